The van der Waals surface area contributed by atoms with Crippen molar-refractivity contribution < 1.29 is 22.9 Å². The van der Waals surface area contributed by atoms with Crippen LogP contribution in [0.4, 0.5) is 18.9 Å². The second-order valence-electron chi connectivity index (χ2n) is 5.23. The number of hydrogen-bond acceptors (Lipinski definition) is 1. The van der Waals surface area contributed by atoms with Gasteiger partial charge in [-0.3, -0.25) is 4.79 Å². The molecular weight excluding hydrogens is 305 g/mol. The number of hydrogen-bond donors (Lipinski definition) is 2. The summed E-state index contributed by atoms with van der Waals surface area (Å²) in [5, 5.41) is 2.14. The molecule has 1 amide bonds. The third kappa shape index (κ3) is 4.61. The number of anilines is 1. The zero-order valence-electron chi connectivity index (χ0n) is 11.4. The topological polar surface area (TPSA) is 33.5 Å². The van der Waals surface area contributed by atoms with Gasteiger partial charge in [0.2, 0.25) is 0 Å². The highest BCUT2D eigenvalue weighted by Gasteiger charge is 2.33. The van der Waals surface area contributed by atoms with Gasteiger partial charge in [-0.15, -0.1) is 0 Å². The first-order chi connectivity index (χ1) is 9.86. The fourth-order valence-corrected chi connectivity index (χ4v) is 2.71. The molecule has 2 rings (SSSR count). The maximum Gasteiger partial charge on any atom is 0.417 e. The van der Waals surface area contributed by atoms with Crippen LogP contribution in [0.15, 0.2) is 18.2 Å². The number of rotatable bonds is 3. The van der Waals surface area contributed by atoms with Crippen LogP contribution in [-0.4, -0.2) is 25.5 Å². The SMILES string of the molecule is O=C(C[NH+]1CCCCC1)Nc1ccc(Cl)c(C(F)(F)F)c1. The Morgan fingerprint density at radius 1 is 1.24 bits per heavy atom. The molecule has 0 radical (unpaired) electrons. The predicted octanol–water partition coefficient (Wildman–Crippen LogP) is 2.37. The lowest BCUT2D eigenvalue weighted by molar-refractivity contribution is -0.896. The molecular formula is C14H17ClF3N2O+. The Morgan fingerprint density at radius 3 is 2.52 bits per heavy atom. The van der Waals surface area contributed by atoms with Crippen molar-refractivity contribution in [1.82, 2.24) is 0 Å². The second-order valence-corrected chi connectivity index (χ2v) is 5.64. The van der Waals surface area contributed by atoms with Crippen LogP contribution in [0.3, 0.4) is 0 Å². The van der Waals surface area contributed by atoms with Crippen molar-refractivity contribution >= 4 is 23.2 Å². The number of alkyl halides is 3. The van der Waals surface area contributed by atoms with E-state index in [1.54, 1.807) is 0 Å². The molecule has 3 nitrogen and oxygen atoms in total. The van der Waals surface area contributed by atoms with Gasteiger partial charge in [0.15, 0.2) is 6.54 Å². The Morgan fingerprint density at radius 2 is 1.90 bits per heavy atom. The van der Waals surface area contributed by atoms with E-state index in [-0.39, 0.29) is 23.2 Å². The number of carbonyl (C=O) groups excluding carboxylic acids is 1. The first-order valence-electron chi connectivity index (χ1n) is 6.86. The number of halogens is 4. The van der Waals surface area contributed by atoms with Gasteiger partial charge < -0.3 is 10.2 Å². The van der Waals surface area contributed by atoms with Crippen molar-refractivity contribution in [2.45, 2.75) is 25.4 Å². The third-order valence-corrected chi connectivity index (χ3v) is 3.86. The molecule has 0 unspecified atom stereocenters. The number of quaternary nitrogens is 1. The molecule has 1 saturated heterocycles. The lowest BCUT2D eigenvalue weighted by Gasteiger charge is -2.22. The highest BCUT2D eigenvalue weighted by atomic mass is 35.5. The minimum atomic E-state index is -4.53. The van der Waals surface area contributed by atoms with Crippen LogP contribution in [0.5, 0.6) is 0 Å². The standard InChI is InChI=1S/C14H16ClF3N2O/c15-12-5-4-10(8-11(12)14(16,17)18)19-13(21)9-20-6-2-1-3-7-20/h4-5,8H,1-3,6-7,9H2,(H,19,21)/p+1. The summed E-state index contributed by atoms with van der Waals surface area (Å²) in [5.41, 5.74) is -0.819. The zero-order chi connectivity index (χ0) is 15.5. The van der Waals surface area contributed by atoms with E-state index < -0.39 is 11.7 Å². The van der Waals surface area contributed by atoms with Crippen LogP contribution in [0.25, 0.3) is 0 Å². The van der Waals surface area contributed by atoms with E-state index in [1.807, 2.05) is 0 Å². The van der Waals surface area contributed by atoms with Gasteiger partial charge in [-0.05, 0) is 37.5 Å². The van der Waals surface area contributed by atoms with Crippen molar-refractivity contribution in [3.05, 3.63) is 28.8 Å². The minimum absolute atomic E-state index is 0.119. The molecule has 0 saturated carbocycles. The summed E-state index contributed by atoms with van der Waals surface area (Å²) in [6.07, 6.45) is -1.18. The monoisotopic (exact) mass is 321 g/mol. The number of amides is 1. The van der Waals surface area contributed by atoms with Crippen LogP contribution < -0.4 is 10.2 Å². The summed E-state index contributed by atoms with van der Waals surface area (Å²) < 4.78 is 38.2. The molecule has 0 aromatic heterocycles. The molecule has 1 aromatic rings. The maximum absolute atomic E-state index is 12.7. The van der Waals surface area contributed by atoms with Crippen molar-refractivity contribution in [2.75, 3.05) is 25.0 Å². The van der Waals surface area contributed by atoms with Crippen molar-refractivity contribution in [2.24, 2.45) is 0 Å². The summed E-state index contributed by atoms with van der Waals surface area (Å²) in [6.45, 7) is 2.15. The quantitative estimate of drug-likeness (QED) is 0.880. The fraction of sp³-hybridized carbons (Fsp3) is 0.500. The van der Waals surface area contributed by atoms with E-state index in [4.69, 9.17) is 11.6 Å². The Labute approximate surface area is 126 Å². The average Bonchev–Trinajstić information content (AvgIpc) is 2.41. The number of likely N-dealkylation sites (tertiary alicyclic amines) is 1. The summed E-state index contributed by atoms with van der Waals surface area (Å²) in [5.74, 6) is -0.276. The normalized spacial score (nSPS) is 16.8. The number of piperidine rings is 1. The molecule has 1 aromatic carbocycles. The molecule has 1 aliphatic rings. The summed E-state index contributed by atoms with van der Waals surface area (Å²) >= 11 is 5.54. The van der Waals surface area contributed by atoms with E-state index in [0.717, 1.165) is 38.1 Å². The summed E-state index contributed by atoms with van der Waals surface area (Å²) in [6, 6.07) is 3.39. The highest BCUT2D eigenvalue weighted by molar-refractivity contribution is 6.31. The molecule has 1 aliphatic heterocycles. The molecule has 7 heteroatoms. The van der Waals surface area contributed by atoms with Crippen LogP contribution in [0, 0.1) is 0 Å². The number of nitrogens with one attached hydrogen (secondary N) is 2. The molecule has 2 N–H and O–H groups in total. The number of carbonyl (C=O) groups is 1. The Kier molecular flexibility index (Phi) is 5.11. The molecule has 1 heterocycles. The second kappa shape index (κ2) is 6.66. The van der Waals surface area contributed by atoms with Gasteiger partial charge in [-0.2, -0.15) is 13.2 Å². The molecule has 0 aliphatic carbocycles. The Bertz CT molecular complexity index is 513. The molecule has 1 fully saturated rings. The van der Waals surface area contributed by atoms with E-state index in [2.05, 4.69) is 5.32 Å². The van der Waals surface area contributed by atoms with E-state index in [9.17, 15) is 18.0 Å². The van der Waals surface area contributed by atoms with Crippen LogP contribution in [-0.2, 0) is 11.0 Å². The van der Waals surface area contributed by atoms with Gasteiger partial charge in [-0.1, -0.05) is 11.6 Å². The Hall–Kier alpha value is -1.27. The fourth-order valence-electron chi connectivity index (χ4n) is 2.48. The van der Waals surface area contributed by atoms with Crippen LogP contribution >= 0.6 is 11.6 Å². The average molecular weight is 322 g/mol. The van der Waals surface area contributed by atoms with Crippen molar-refractivity contribution in [3.63, 3.8) is 0 Å². The molecule has 0 atom stereocenters. The molecule has 0 bridgehead atoms. The van der Waals surface area contributed by atoms with E-state index >= 15 is 0 Å². The predicted molar refractivity (Wildman–Crippen MR) is 74.5 cm³/mol. The maximum atomic E-state index is 12.7. The van der Waals surface area contributed by atoms with Crippen molar-refractivity contribution in [1.29, 1.82) is 0 Å². The van der Waals surface area contributed by atoms with Gasteiger partial charge >= 0.3 is 6.18 Å². The molecule has 116 valence electrons. The van der Waals surface area contributed by atoms with Gasteiger partial charge in [-0.25, -0.2) is 0 Å². The van der Waals surface area contributed by atoms with Gasteiger partial charge in [0.1, 0.15) is 0 Å². The largest absolute Gasteiger partial charge is 0.417 e. The van der Waals surface area contributed by atoms with Crippen LogP contribution in [0.1, 0.15) is 24.8 Å². The van der Waals surface area contributed by atoms with E-state index in [1.165, 1.54) is 17.4 Å². The summed E-state index contributed by atoms with van der Waals surface area (Å²) in [4.78, 5) is 13.1. The smallest absolute Gasteiger partial charge is 0.327 e. The zero-order valence-corrected chi connectivity index (χ0v) is 12.2. The minimum Gasteiger partial charge on any atom is -0.327 e. The van der Waals surface area contributed by atoms with Gasteiger partial charge in [0.25, 0.3) is 5.91 Å². The molecule has 21 heavy (non-hydrogen) atoms. The first kappa shape index (κ1) is 16.1. The molecule has 0 spiro atoms. The van der Waals surface area contributed by atoms with E-state index in [0.29, 0.717) is 0 Å². The first-order valence-corrected chi connectivity index (χ1v) is 7.24. The summed E-state index contributed by atoms with van der Waals surface area (Å²) in [7, 11) is 0. The van der Waals surface area contributed by atoms with Gasteiger partial charge in [0.05, 0.1) is 23.7 Å². The van der Waals surface area contributed by atoms with Gasteiger partial charge in [0, 0.05) is 5.69 Å². The number of benzene rings is 1. The Balaban J connectivity index is 2.00. The lowest BCUT2D eigenvalue weighted by Crippen LogP contribution is -3.13. The lowest BCUT2D eigenvalue weighted by atomic mass is 10.1. The van der Waals surface area contributed by atoms with Crippen LogP contribution in [0.2, 0.25) is 5.02 Å². The van der Waals surface area contributed by atoms with Crippen molar-refractivity contribution in [3.8, 4) is 0 Å². The highest BCUT2D eigenvalue weighted by Crippen LogP contribution is 2.36. The third-order valence-electron chi connectivity index (χ3n) is 3.53.